The van der Waals surface area contributed by atoms with Crippen LogP contribution in [-0.4, -0.2) is 6.04 Å². The molecule has 0 aliphatic rings. The molecule has 2 rings (SSSR count). The van der Waals surface area contributed by atoms with E-state index in [4.69, 9.17) is 0 Å². The Bertz CT molecular complexity index is 530. The Morgan fingerprint density at radius 2 is 1.58 bits per heavy atom. The van der Waals surface area contributed by atoms with Crippen molar-refractivity contribution in [2.45, 2.75) is 45.6 Å². The molecule has 0 bridgehead atoms. The third kappa shape index (κ3) is 3.97. The first-order valence-corrected chi connectivity index (χ1v) is 7.98. The molecule has 0 aromatic heterocycles. The van der Waals surface area contributed by atoms with E-state index >= 15 is 0 Å². The third-order valence-electron chi connectivity index (χ3n) is 3.45. The summed E-state index contributed by atoms with van der Waals surface area (Å²) in [6, 6.07) is 13.7. The van der Waals surface area contributed by atoms with Crippen LogP contribution in [0.5, 0.6) is 0 Å². The van der Waals surface area contributed by atoms with Crippen LogP contribution in [0.1, 0.15) is 39.5 Å². The van der Waals surface area contributed by atoms with Crippen molar-refractivity contribution in [2.24, 2.45) is 0 Å². The van der Waals surface area contributed by atoms with Crippen molar-refractivity contribution in [1.29, 1.82) is 0 Å². The lowest BCUT2D eigenvalue weighted by Gasteiger charge is -2.19. The van der Waals surface area contributed by atoms with Gasteiger partial charge in [0.2, 0.25) is 0 Å². The van der Waals surface area contributed by atoms with Gasteiger partial charge in [-0.05, 0) is 47.9 Å². The molecular weight excluding hydrogens is 298 g/mol. The molecule has 0 aliphatic carbocycles. The van der Waals surface area contributed by atoms with Gasteiger partial charge in [0.25, 0.3) is 0 Å². The zero-order chi connectivity index (χ0) is 13.7. The van der Waals surface area contributed by atoms with Crippen LogP contribution in [0.3, 0.4) is 0 Å². The maximum atomic E-state index is 3.68. The number of nitrogens with one attached hydrogen (secondary N) is 1. The van der Waals surface area contributed by atoms with E-state index in [0.29, 0.717) is 6.04 Å². The van der Waals surface area contributed by atoms with Crippen LogP contribution < -0.4 is 5.32 Å². The zero-order valence-electron chi connectivity index (χ0n) is 11.7. The lowest BCUT2D eigenvalue weighted by Crippen LogP contribution is -2.18. The molecule has 19 heavy (non-hydrogen) atoms. The second-order valence-electron chi connectivity index (χ2n) is 5.12. The summed E-state index contributed by atoms with van der Waals surface area (Å²) in [5.41, 5.74) is 1.24. The molecule has 0 heterocycles. The quantitative estimate of drug-likeness (QED) is 0.690. The molecule has 0 aliphatic heterocycles. The molecule has 0 spiro atoms. The molecule has 1 N–H and O–H groups in total. The number of anilines is 1. The molecule has 0 amide bonds. The van der Waals surface area contributed by atoms with Crippen molar-refractivity contribution in [1.82, 2.24) is 0 Å². The van der Waals surface area contributed by atoms with E-state index in [1.54, 1.807) is 0 Å². The highest BCUT2D eigenvalue weighted by Gasteiger charge is 2.06. The Labute approximate surface area is 124 Å². The van der Waals surface area contributed by atoms with Crippen molar-refractivity contribution < 1.29 is 0 Å². The fraction of sp³-hybridized carbons (Fsp3) is 0.412. The van der Waals surface area contributed by atoms with E-state index < -0.39 is 0 Å². The van der Waals surface area contributed by atoms with E-state index in [2.05, 4.69) is 71.5 Å². The summed E-state index contributed by atoms with van der Waals surface area (Å²) in [4.78, 5) is 0. The Balaban J connectivity index is 2.18. The highest BCUT2D eigenvalue weighted by molar-refractivity contribution is 9.10. The number of benzene rings is 2. The van der Waals surface area contributed by atoms with Gasteiger partial charge in [0.05, 0.1) is 0 Å². The van der Waals surface area contributed by atoms with Gasteiger partial charge in [-0.2, -0.15) is 0 Å². The summed E-state index contributed by atoms with van der Waals surface area (Å²) in [6.45, 7) is 4.50. The number of halogens is 1. The molecule has 0 saturated heterocycles. The van der Waals surface area contributed by atoms with Gasteiger partial charge in [-0.15, -0.1) is 0 Å². The second-order valence-corrected chi connectivity index (χ2v) is 6.04. The fourth-order valence-corrected chi connectivity index (χ4v) is 2.91. The van der Waals surface area contributed by atoms with Gasteiger partial charge in [-0.25, -0.2) is 0 Å². The molecule has 1 nitrogen and oxygen atoms in total. The van der Waals surface area contributed by atoms with Crippen LogP contribution in [0.25, 0.3) is 10.8 Å². The SMILES string of the molecule is CCCC(CCC)Nc1ccc2cc(Br)ccc2c1. The topological polar surface area (TPSA) is 12.0 Å². The van der Waals surface area contributed by atoms with Crippen molar-refractivity contribution in [2.75, 3.05) is 5.32 Å². The van der Waals surface area contributed by atoms with Crippen LogP contribution in [0.15, 0.2) is 40.9 Å². The number of hydrogen-bond acceptors (Lipinski definition) is 1. The maximum Gasteiger partial charge on any atom is 0.0348 e. The zero-order valence-corrected chi connectivity index (χ0v) is 13.3. The minimum atomic E-state index is 0.600. The van der Waals surface area contributed by atoms with Crippen LogP contribution >= 0.6 is 15.9 Å². The van der Waals surface area contributed by atoms with E-state index in [9.17, 15) is 0 Å². The summed E-state index contributed by atoms with van der Waals surface area (Å²) >= 11 is 3.52. The Morgan fingerprint density at radius 1 is 0.947 bits per heavy atom. The van der Waals surface area contributed by atoms with Crippen LogP contribution in [0.2, 0.25) is 0 Å². The van der Waals surface area contributed by atoms with Gasteiger partial charge in [-0.1, -0.05) is 54.8 Å². The summed E-state index contributed by atoms with van der Waals surface area (Å²) < 4.78 is 1.13. The first-order valence-electron chi connectivity index (χ1n) is 7.18. The van der Waals surface area contributed by atoms with Crippen molar-refractivity contribution in [3.05, 3.63) is 40.9 Å². The summed E-state index contributed by atoms with van der Waals surface area (Å²) in [6.07, 6.45) is 4.95. The van der Waals surface area contributed by atoms with E-state index in [1.165, 1.54) is 42.1 Å². The van der Waals surface area contributed by atoms with Crippen molar-refractivity contribution in [3.63, 3.8) is 0 Å². The van der Waals surface area contributed by atoms with Gasteiger partial charge >= 0.3 is 0 Å². The minimum Gasteiger partial charge on any atom is -0.382 e. The molecule has 0 fully saturated rings. The normalized spacial score (nSPS) is 11.2. The molecule has 102 valence electrons. The van der Waals surface area contributed by atoms with E-state index in [1.807, 2.05) is 0 Å². The van der Waals surface area contributed by atoms with Gasteiger partial charge in [0, 0.05) is 16.2 Å². The third-order valence-corrected chi connectivity index (χ3v) is 3.94. The van der Waals surface area contributed by atoms with Gasteiger partial charge in [-0.3, -0.25) is 0 Å². The molecule has 0 unspecified atom stereocenters. The van der Waals surface area contributed by atoms with Gasteiger partial charge < -0.3 is 5.32 Å². The average Bonchev–Trinajstić information content (AvgIpc) is 2.39. The van der Waals surface area contributed by atoms with Gasteiger partial charge in [0.1, 0.15) is 0 Å². The summed E-state index contributed by atoms with van der Waals surface area (Å²) in [5, 5.41) is 6.25. The van der Waals surface area contributed by atoms with Crippen LogP contribution in [-0.2, 0) is 0 Å². The fourth-order valence-electron chi connectivity index (χ4n) is 2.53. The predicted molar refractivity (Wildman–Crippen MR) is 88.9 cm³/mol. The molecule has 0 atom stereocenters. The number of fused-ring (bicyclic) bond motifs is 1. The average molecular weight is 320 g/mol. The molecule has 2 aromatic carbocycles. The highest BCUT2D eigenvalue weighted by atomic mass is 79.9. The lowest BCUT2D eigenvalue weighted by atomic mass is 10.1. The van der Waals surface area contributed by atoms with Crippen molar-refractivity contribution in [3.8, 4) is 0 Å². The predicted octanol–water partition coefficient (Wildman–Crippen LogP) is 5.98. The second kappa shape index (κ2) is 6.95. The number of hydrogen-bond donors (Lipinski definition) is 1. The molecular formula is C17H22BrN. The van der Waals surface area contributed by atoms with Crippen LogP contribution in [0.4, 0.5) is 5.69 Å². The van der Waals surface area contributed by atoms with Gasteiger partial charge in [0.15, 0.2) is 0 Å². The molecule has 0 saturated carbocycles. The monoisotopic (exact) mass is 319 g/mol. The smallest absolute Gasteiger partial charge is 0.0348 e. The van der Waals surface area contributed by atoms with Crippen LogP contribution in [0, 0.1) is 0 Å². The van der Waals surface area contributed by atoms with E-state index in [0.717, 1.165) is 4.47 Å². The maximum absolute atomic E-state index is 3.68. The van der Waals surface area contributed by atoms with E-state index in [-0.39, 0.29) is 0 Å². The number of rotatable bonds is 6. The largest absolute Gasteiger partial charge is 0.382 e. The Hall–Kier alpha value is -1.02. The van der Waals surface area contributed by atoms with Crippen molar-refractivity contribution >= 4 is 32.4 Å². The molecule has 2 aromatic rings. The molecule has 0 radical (unpaired) electrons. The summed E-state index contributed by atoms with van der Waals surface area (Å²) in [5.74, 6) is 0. The standard InChI is InChI=1S/C17H22BrN/c1-3-5-16(6-4-2)19-17-10-8-13-11-15(18)9-7-14(13)12-17/h7-12,16,19H,3-6H2,1-2H3. The Morgan fingerprint density at radius 3 is 2.26 bits per heavy atom. The minimum absolute atomic E-state index is 0.600. The first kappa shape index (κ1) is 14.4. The highest BCUT2D eigenvalue weighted by Crippen LogP contribution is 2.24. The first-order chi connectivity index (χ1) is 9.22. The Kier molecular flexibility index (Phi) is 5.26. The summed E-state index contributed by atoms with van der Waals surface area (Å²) in [7, 11) is 0. The lowest BCUT2D eigenvalue weighted by molar-refractivity contribution is 0.586. The molecule has 2 heteroatoms.